The molecule has 25 heavy (non-hydrogen) atoms. The minimum Gasteiger partial charge on any atom is -0.334 e. The van der Waals surface area contributed by atoms with E-state index in [1.165, 1.54) is 24.3 Å². The molecule has 7 nitrogen and oxygen atoms in total. The van der Waals surface area contributed by atoms with Gasteiger partial charge in [0.1, 0.15) is 5.00 Å². The summed E-state index contributed by atoms with van der Waals surface area (Å²) < 4.78 is 24.4. The van der Waals surface area contributed by atoms with Crippen LogP contribution in [0.2, 0.25) is 0 Å². The van der Waals surface area contributed by atoms with Crippen LogP contribution in [0.4, 0.5) is 10.5 Å². The molecule has 4 N–H and O–H groups in total. The lowest BCUT2D eigenvalue weighted by Gasteiger charge is -2.09. The zero-order valence-corrected chi connectivity index (χ0v) is 14.7. The molecule has 0 spiro atoms. The van der Waals surface area contributed by atoms with Crippen molar-refractivity contribution in [2.75, 3.05) is 5.32 Å². The number of anilines is 1. The van der Waals surface area contributed by atoms with Crippen LogP contribution >= 0.6 is 11.3 Å². The molecular weight excluding hydrogens is 360 g/mol. The number of amides is 2. The van der Waals surface area contributed by atoms with Gasteiger partial charge in [-0.15, -0.1) is 11.3 Å². The number of nitrogens with zero attached hydrogens (tertiary/aromatic N) is 1. The molecule has 3 rings (SSSR count). The van der Waals surface area contributed by atoms with Gasteiger partial charge in [0.05, 0.1) is 4.90 Å². The summed E-state index contributed by atoms with van der Waals surface area (Å²) in [5, 5.41) is 13.5. The highest BCUT2D eigenvalue weighted by atomic mass is 32.2. The number of hydrogen-bond acceptors (Lipinski definition) is 4. The monoisotopic (exact) mass is 376 g/mol. The van der Waals surface area contributed by atoms with Crippen LogP contribution in [0, 0.1) is 0 Å². The molecule has 0 bridgehead atoms. The third-order valence-corrected chi connectivity index (χ3v) is 5.34. The lowest BCUT2D eigenvalue weighted by Crippen LogP contribution is -2.28. The maximum Gasteiger partial charge on any atom is 0.319 e. The highest BCUT2D eigenvalue weighted by Gasteiger charge is 2.09. The van der Waals surface area contributed by atoms with Gasteiger partial charge in [-0.05, 0) is 47.8 Å². The van der Waals surface area contributed by atoms with Gasteiger partial charge < -0.3 is 15.2 Å². The van der Waals surface area contributed by atoms with E-state index in [9.17, 15) is 13.2 Å². The first-order chi connectivity index (χ1) is 11.9. The molecule has 0 saturated carbocycles. The summed E-state index contributed by atoms with van der Waals surface area (Å²) >= 11 is 1.59. The number of primary sulfonamides is 1. The predicted octanol–water partition coefficient (Wildman–Crippen LogP) is 2.51. The van der Waals surface area contributed by atoms with Crippen molar-refractivity contribution in [3.63, 3.8) is 0 Å². The number of benzene rings is 1. The average Bonchev–Trinajstić information content (AvgIpc) is 3.23. The third-order valence-electron chi connectivity index (χ3n) is 3.44. The van der Waals surface area contributed by atoms with Gasteiger partial charge in [-0.3, -0.25) is 0 Å². The largest absolute Gasteiger partial charge is 0.334 e. The Labute approximate surface area is 149 Å². The summed E-state index contributed by atoms with van der Waals surface area (Å²) in [7, 11) is -3.74. The van der Waals surface area contributed by atoms with Gasteiger partial charge in [0.2, 0.25) is 10.0 Å². The SMILES string of the molecule is NS(=O)(=O)c1ccc(NC(=O)NCc2ccsc2-n2cccc2)cc1. The summed E-state index contributed by atoms with van der Waals surface area (Å²) in [6.07, 6.45) is 3.89. The minimum atomic E-state index is -3.74. The fourth-order valence-electron chi connectivity index (χ4n) is 2.24. The van der Waals surface area contributed by atoms with E-state index in [4.69, 9.17) is 5.14 Å². The quantitative estimate of drug-likeness (QED) is 0.637. The summed E-state index contributed by atoms with van der Waals surface area (Å²) in [5.41, 5.74) is 1.47. The Morgan fingerprint density at radius 2 is 1.80 bits per heavy atom. The Morgan fingerprint density at radius 1 is 1.12 bits per heavy atom. The van der Waals surface area contributed by atoms with E-state index in [2.05, 4.69) is 10.6 Å². The van der Waals surface area contributed by atoms with E-state index in [1.54, 1.807) is 11.3 Å². The highest BCUT2D eigenvalue weighted by molar-refractivity contribution is 7.89. The number of urea groups is 1. The van der Waals surface area contributed by atoms with E-state index in [0.717, 1.165) is 10.6 Å². The normalized spacial score (nSPS) is 11.2. The number of carbonyl (C=O) groups is 1. The van der Waals surface area contributed by atoms with Gasteiger partial charge >= 0.3 is 6.03 Å². The van der Waals surface area contributed by atoms with Gasteiger partial charge in [-0.1, -0.05) is 0 Å². The van der Waals surface area contributed by atoms with Crippen LogP contribution in [0.5, 0.6) is 0 Å². The first kappa shape index (κ1) is 17.2. The fourth-order valence-corrected chi connectivity index (χ4v) is 3.65. The van der Waals surface area contributed by atoms with Crippen LogP contribution in [-0.2, 0) is 16.6 Å². The smallest absolute Gasteiger partial charge is 0.319 e. The standard InChI is InChI=1S/C16H16N4O3S2/c17-25(22,23)14-5-3-13(4-6-14)19-16(21)18-11-12-7-10-24-15(12)20-8-1-2-9-20/h1-10H,11H2,(H2,17,22,23)(H2,18,19,21). The van der Waals surface area contributed by atoms with Crippen molar-refractivity contribution in [1.29, 1.82) is 0 Å². The molecule has 130 valence electrons. The lowest BCUT2D eigenvalue weighted by molar-refractivity contribution is 0.252. The molecule has 1 aromatic carbocycles. The molecule has 0 fully saturated rings. The van der Waals surface area contributed by atoms with Crippen molar-refractivity contribution in [1.82, 2.24) is 9.88 Å². The van der Waals surface area contributed by atoms with Crippen LogP contribution in [0.15, 0.2) is 65.1 Å². The fraction of sp³-hybridized carbons (Fsp3) is 0.0625. The van der Waals surface area contributed by atoms with E-state index in [-0.39, 0.29) is 10.9 Å². The van der Waals surface area contributed by atoms with Crippen LogP contribution in [0.25, 0.3) is 5.00 Å². The Kier molecular flexibility index (Phi) is 4.88. The second-order valence-corrected chi connectivity index (χ2v) is 7.67. The van der Waals surface area contributed by atoms with E-state index in [0.29, 0.717) is 12.2 Å². The minimum absolute atomic E-state index is 0.00639. The van der Waals surface area contributed by atoms with Crippen LogP contribution < -0.4 is 15.8 Å². The van der Waals surface area contributed by atoms with Crippen molar-refractivity contribution < 1.29 is 13.2 Å². The molecule has 0 aliphatic rings. The topological polar surface area (TPSA) is 106 Å². The molecule has 0 saturated heterocycles. The number of aromatic nitrogens is 1. The number of nitrogens with two attached hydrogens (primary N) is 1. The van der Waals surface area contributed by atoms with Gasteiger partial charge in [-0.2, -0.15) is 0 Å². The van der Waals surface area contributed by atoms with Crippen molar-refractivity contribution in [3.8, 4) is 5.00 Å². The van der Waals surface area contributed by atoms with Crippen molar-refractivity contribution >= 4 is 33.1 Å². The highest BCUT2D eigenvalue weighted by Crippen LogP contribution is 2.21. The summed E-state index contributed by atoms with van der Waals surface area (Å²) in [5.74, 6) is 0. The Morgan fingerprint density at radius 3 is 2.44 bits per heavy atom. The molecule has 0 unspecified atom stereocenters. The molecule has 0 atom stereocenters. The maximum absolute atomic E-state index is 12.0. The van der Waals surface area contributed by atoms with E-state index >= 15 is 0 Å². The first-order valence-corrected chi connectivity index (χ1v) is 9.73. The van der Waals surface area contributed by atoms with Gasteiger partial charge in [0, 0.05) is 30.2 Å². The van der Waals surface area contributed by atoms with Crippen LogP contribution in [0.3, 0.4) is 0 Å². The lowest BCUT2D eigenvalue weighted by atomic mass is 10.3. The van der Waals surface area contributed by atoms with Gasteiger partial charge in [-0.25, -0.2) is 18.4 Å². The Bertz CT molecular complexity index is 961. The molecule has 2 aromatic heterocycles. The predicted molar refractivity (Wildman–Crippen MR) is 97.3 cm³/mol. The van der Waals surface area contributed by atoms with Crippen molar-refractivity contribution in [2.45, 2.75) is 11.4 Å². The zero-order valence-electron chi connectivity index (χ0n) is 13.0. The van der Waals surface area contributed by atoms with Crippen molar-refractivity contribution in [3.05, 3.63) is 65.8 Å². The number of sulfonamides is 1. The van der Waals surface area contributed by atoms with Crippen LogP contribution in [0.1, 0.15) is 5.56 Å². The zero-order chi connectivity index (χ0) is 17.9. The molecule has 0 aliphatic carbocycles. The summed E-state index contributed by atoms with van der Waals surface area (Å²) in [6, 6.07) is 11.1. The van der Waals surface area contributed by atoms with E-state index in [1.807, 2.05) is 40.5 Å². The molecule has 9 heteroatoms. The molecule has 0 radical (unpaired) electrons. The number of carbonyl (C=O) groups excluding carboxylic acids is 1. The second-order valence-electron chi connectivity index (χ2n) is 5.22. The Hall–Kier alpha value is -2.62. The molecule has 3 aromatic rings. The van der Waals surface area contributed by atoms with E-state index < -0.39 is 10.0 Å². The molecular formula is C16H16N4O3S2. The molecule has 0 aliphatic heterocycles. The average molecular weight is 376 g/mol. The van der Waals surface area contributed by atoms with Crippen molar-refractivity contribution in [2.24, 2.45) is 5.14 Å². The number of thiophene rings is 1. The number of rotatable bonds is 5. The first-order valence-electron chi connectivity index (χ1n) is 7.31. The van der Waals surface area contributed by atoms with Gasteiger partial charge in [0.25, 0.3) is 0 Å². The number of hydrogen-bond donors (Lipinski definition) is 3. The summed E-state index contributed by atoms with van der Waals surface area (Å²) in [4.78, 5) is 12.0. The Balaban J connectivity index is 1.60. The molecule has 2 amide bonds. The molecule has 2 heterocycles. The van der Waals surface area contributed by atoms with Gasteiger partial charge in [0.15, 0.2) is 0 Å². The number of nitrogens with one attached hydrogen (secondary N) is 2. The summed E-state index contributed by atoms with van der Waals surface area (Å²) in [6.45, 7) is 0.373. The third kappa shape index (κ3) is 4.27. The van der Waals surface area contributed by atoms with Crippen LogP contribution in [-0.4, -0.2) is 19.0 Å². The second kappa shape index (κ2) is 7.09. The maximum atomic E-state index is 12.0.